The highest BCUT2D eigenvalue weighted by Gasteiger charge is 2.36. The summed E-state index contributed by atoms with van der Waals surface area (Å²) in [5.74, 6) is -1.11. The van der Waals surface area contributed by atoms with Crippen molar-refractivity contribution < 1.29 is 24.2 Å². The van der Waals surface area contributed by atoms with E-state index in [9.17, 15) is 14.4 Å². The number of carbonyl (C=O) groups excluding carboxylic acids is 2. The van der Waals surface area contributed by atoms with Gasteiger partial charge in [0.15, 0.2) is 0 Å². The van der Waals surface area contributed by atoms with Crippen LogP contribution in [-0.4, -0.2) is 71.2 Å². The van der Waals surface area contributed by atoms with Crippen LogP contribution >= 0.6 is 11.8 Å². The van der Waals surface area contributed by atoms with Gasteiger partial charge >= 0.3 is 18.0 Å². The molecule has 8 heteroatoms. The molecule has 1 aliphatic heterocycles. The fourth-order valence-electron chi connectivity index (χ4n) is 1.82. The van der Waals surface area contributed by atoms with Crippen LogP contribution < -0.4 is 0 Å². The Labute approximate surface area is 115 Å². The molecule has 0 aromatic heterocycles. The van der Waals surface area contributed by atoms with Crippen LogP contribution in [0.3, 0.4) is 0 Å². The Morgan fingerprint density at radius 3 is 2.68 bits per heavy atom. The predicted molar refractivity (Wildman–Crippen MR) is 69.8 cm³/mol. The molecule has 1 aliphatic rings. The number of urea groups is 1. The highest BCUT2D eigenvalue weighted by Crippen LogP contribution is 2.22. The molecule has 2 unspecified atom stereocenters. The van der Waals surface area contributed by atoms with E-state index < -0.39 is 23.9 Å². The van der Waals surface area contributed by atoms with E-state index in [1.54, 1.807) is 14.0 Å². The number of nitrogens with zero attached hydrogens (tertiary/aromatic N) is 2. The highest BCUT2D eigenvalue weighted by atomic mass is 32.2. The molecule has 7 nitrogen and oxygen atoms in total. The molecule has 1 N–H and O–H groups in total. The lowest BCUT2D eigenvalue weighted by Gasteiger charge is -2.28. The van der Waals surface area contributed by atoms with Gasteiger partial charge in [0.25, 0.3) is 0 Å². The Morgan fingerprint density at radius 1 is 1.53 bits per heavy atom. The number of ether oxygens (including phenoxy) is 1. The normalized spacial score (nSPS) is 19.9. The van der Waals surface area contributed by atoms with Gasteiger partial charge in [-0.05, 0) is 0 Å². The average molecular weight is 290 g/mol. The molecular weight excluding hydrogens is 272 g/mol. The molecule has 0 saturated carbocycles. The number of hydrogen-bond donors (Lipinski definition) is 1. The second-order valence-electron chi connectivity index (χ2n) is 4.41. The Hall–Kier alpha value is -1.44. The second kappa shape index (κ2) is 6.65. The number of carbonyl (C=O) groups is 3. The number of carboxylic acid groups (broad SMARTS) is 1. The van der Waals surface area contributed by atoms with Crippen LogP contribution in [0.5, 0.6) is 0 Å². The summed E-state index contributed by atoms with van der Waals surface area (Å²) in [6, 6.07) is -1.18. The number of hydrogen-bond acceptors (Lipinski definition) is 5. The summed E-state index contributed by atoms with van der Waals surface area (Å²) < 4.78 is 4.59. The predicted octanol–water partition coefficient (Wildman–Crippen LogP) is 0.307. The SMILES string of the molecule is COC(=O)C(C)CN(C)C(=O)N1CSCC1C(=O)O. The molecule has 2 atom stereocenters. The zero-order valence-corrected chi connectivity index (χ0v) is 12.0. The van der Waals surface area contributed by atoms with Crippen molar-refractivity contribution in [2.24, 2.45) is 5.92 Å². The summed E-state index contributed by atoms with van der Waals surface area (Å²) in [5, 5.41) is 9.02. The van der Waals surface area contributed by atoms with Gasteiger partial charge < -0.3 is 19.6 Å². The van der Waals surface area contributed by atoms with Crippen LogP contribution in [0.1, 0.15) is 6.92 Å². The van der Waals surface area contributed by atoms with Crippen molar-refractivity contribution in [1.29, 1.82) is 0 Å². The largest absolute Gasteiger partial charge is 0.480 e. The van der Waals surface area contributed by atoms with Gasteiger partial charge in [0.05, 0.1) is 18.9 Å². The van der Waals surface area contributed by atoms with Crippen LogP contribution in [0.15, 0.2) is 0 Å². The molecule has 0 spiro atoms. The van der Waals surface area contributed by atoms with Gasteiger partial charge in [-0.25, -0.2) is 9.59 Å². The highest BCUT2D eigenvalue weighted by molar-refractivity contribution is 7.99. The first-order valence-electron chi connectivity index (χ1n) is 5.78. The molecule has 0 radical (unpaired) electrons. The smallest absolute Gasteiger partial charge is 0.327 e. The summed E-state index contributed by atoms with van der Waals surface area (Å²) in [5.41, 5.74) is 0. The quantitative estimate of drug-likeness (QED) is 0.750. The van der Waals surface area contributed by atoms with Gasteiger partial charge in [-0.15, -0.1) is 11.8 Å². The van der Waals surface area contributed by atoms with Crippen LogP contribution in [0, 0.1) is 5.92 Å². The minimum atomic E-state index is -1.01. The van der Waals surface area contributed by atoms with Crippen molar-refractivity contribution in [2.45, 2.75) is 13.0 Å². The lowest BCUT2D eigenvalue weighted by atomic mass is 10.2. The minimum Gasteiger partial charge on any atom is -0.480 e. The van der Waals surface area contributed by atoms with E-state index in [0.29, 0.717) is 11.6 Å². The number of methoxy groups -OCH3 is 1. The summed E-state index contributed by atoms with van der Waals surface area (Å²) in [6.45, 7) is 1.85. The van der Waals surface area contributed by atoms with Crippen LogP contribution in [0.25, 0.3) is 0 Å². The monoisotopic (exact) mass is 290 g/mol. The van der Waals surface area contributed by atoms with E-state index in [2.05, 4.69) is 4.74 Å². The third-order valence-electron chi connectivity index (χ3n) is 2.89. The van der Waals surface area contributed by atoms with Gasteiger partial charge in [-0.3, -0.25) is 4.79 Å². The third kappa shape index (κ3) is 3.76. The maximum atomic E-state index is 12.1. The fourth-order valence-corrected chi connectivity index (χ4v) is 2.96. The molecule has 19 heavy (non-hydrogen) atoms. The Kier molecular flexibility index (Phi) is 5.46. The zero-order valence-electron chi connectivity index (χ0n) is 11.2. The number of carboxylic acids is 1. The summed E-state index contributed by atoms with van der Waals surface area (Å²) in [4.78, 5) is 37.1. The molecule has 0 bridgehead atoms. The molecule has 0 aromatic rings. The number of thioether (sulfide) groups is 1. The topological polar surface area (TPSA) is 87.2 Å². The van der Waals surface area contributed by atoms with Gasteiger partial charge in [-0.2, -0.15) is 0 Å². The second-order valence-corrected chi connectivity index (χ2v) is 5.41. The van der Waals surface area contributed by atoms with Crippen molar-refractivity contribution in [3.63, 3.8) is 0 Å². The molecule has 1 heterocycles. The molecule has 1 rings (SSSR count). The van der Waals surface area contributed by atoms with Crippen LogP contribution in [0.2, 0.25) is 0 Å². The molecule has 2 amide bonds. The lowest BCUT2D eigenvalue weighted by Crippen LogP contribution is -2.48. The number of aliphatic carboxylic acids is 1. The summed E-state index contributed by atoms with van der Waals surface area (Å²) in [6.07, 6.45) is 0. The maximum Gasteiger partial charge on any atom is 0.327 e. The van der Waals surface area contributed by atoms with Gasteiger partial charge in [0.1, 0.15) is 6.04 Å². The standard InChI is InChI=1S/C11H18N2O5S/c1-7(10(16)18-3)4-12(2)11(17)13-6-19-5-8(13)9(14)15/h7-8H,4-6H2,1-3H3,(H,14,15). The third-order valence-corrected chi connectivity index (χ3v) is 3.90. The van der Waals surface area contributed by atoms with Gasteiger partial charge in [0.2, 0.25) is 0 Å². The summed E-state index contributed by atoms with van der Waals surface area (Å²) in [7, 11) is 2.84. The Balaban J connectivity index is 2.61. The van der Waals surface area contributed by atoms with Gasteiger partial charge in [-0.1, -0.05) is 6.92 Å². The van der Waals surface area contributed by atoms with E-state index >= 15 is 0 Å². The first-order valence-corrected chi connectivity index (χ1v) is 6.94. The van der Waals surface area contributed by atoms with E-state index in [4.69, 9.17) is 5.11 Å². The van der Waals surface area contributed by atoms with E-state index in [-0.39, 0.29) is 12.6 Å². The van der Waals surface area contributed by atoms with E-state index in [1.807, 2.05) is 0 Å². The molecule has 0 aliphatic carbocycles. The molecular formula is C11H18N2O5S. The van der Waals surface area contributed by atoms with Crippen molar-refractivity contribution in [3.8, 4) is 0 Å². The zero-order chi connectivity index (χ0) is 14.6. The number of amides is 2. The maximum absolute atomic E-state index is 12.1. The minimum absolute atomic E-state index is 0.193. The van der Waals surface area contributed by atoms with E-state index in [1.165, 1.54) is 28.7 Å². The van der Waals surface area contributed by atoms with Crippen LogP contribution in [0.4, 0.5) is 4.79 Å². The van der Waals surface area contributed by atoms with Crippen LogP contribution in [-0.2, 0) is 14.3 Å². The fraction of sp³-hybridized carbons (Fsp3) is 0.727. The van der Waals surface area contributed by atoms with Crippen molar-refractivity contribution in [1.82, 2.24) is 9.80 Å². The number of rotatable bonds is 4. The summed E-state index contributed by atoms with van der Waals surface area (Å²) >= 11 is 1.40. The first kappa shape index (κ1) is 15.6. The van der Waals surface area contributed by atoms with Crippen molar-refractivity contribution in [3.05, 3.63) is 0 Å². The van der Waals surface area contributed by atoms with E-state index in [0.717, 1.165) is 0 Å². The Bertz CT molecular complexity index is 376. The lowest BCUT2D eigenvalue weighted by molar-refractivity contribution is -0.145. The molecule has 108 valence electrons. The number of esters is 1. The molecule has 1 fully saturated rings. The average Bonchev–Trinajstić information content (AvgIpc) is 2.85. The molecule has 1 saturated heterocycles. The van der Waals surface area contributed by atoms with Gasteiger partial charge in [0, 0.05) is 19.3 Å². The van der Waals surface area contributed by atoms with Crippen molar-refractivity contribution in [2.75, 3.05) is 32.3 Å². The first-order chi connectivity index (χ1) is 8.88. The Morgan fingerprint density at radius 2 is 2.16 bits per heavy atom. The molecule has 0 aromatic carbocycles. The van der Waals surface area contributed by atoms with Crippen molar-refractivity contribution >= 4 is 29.7 Å².